The summed E-state index contributed by atoms with van der Waals surface area (Å²) in [6, 6.07) is 8.17. The quantitative estimate of drug-likeness (QED) is 0.745. The van der Waals surface area contributed by atoms with Gasteiger partial charge in [-0.2, -0.15) is 0 Å². The Kier molecular flexibility index (Phi) is 5.18. The molecule has 0 spiro atoms. The minimum Gasteiger partial charge on any atom is -0.491 e. The first-order valence-corrected chi connectivity index (χ1v) is 7.56. The van der Waals surface area contributed by atoms with Gasteiger partial charge in [-0.25, -0.2) is 0 Å². The van der Waals surface area contributed by atoms with E-state index in [1.165, 1.54) is 19.4 Å². The van der Waals surface area contributed by atoms with Crippen LogP contribution in [0.3, 0.4) is 0 Å². The molecular formula is C17H25NO2. The number of rotatable bonds is 6. The summed E-state index contributed by atoms with van der Waals surface area (Å²) in [7, 11) is 0. The molecule has 0 saturated carbocycles. The van der Waals surface area contributed by atoms with Crippen molar-refractivity contribution in [3.8, 4) is 5.75 Å². The second-order valence-electron chi connectivity index (χ2n) is 5.89. The molecule has 3 nitrogen and oxygen atoms in total. The van der Waals surface area contributed by atoms with Crippen molar-refractivity contribution in [3.63, 3.8) is 0 Å². The average Bonchev–Trinajstić information content (AvgIpc) is 2.87. The zero-order chi connectivity index (χ0) is 14.5. The Morgan fingerprint density at radius 2 is 2.15 bits per heavy atom. The zero-order valence-electron chi connectivity index (χ0n) is 12.8. The van der Waals surface area contributed by atoms with Crippen LogP contribution in [-0.4, -0.2) is 36.4 Å². The van der Waals surface area contributed by atoms with Crippen LogP contribution < -0.4 is 4.74 Å². The maximum absolute atomic E-state index is 11.5. The van der Waals surface area contributed by atoms with Gasteiger partial charge in [0.2, 0.25) is 0 Å². The van der Waals surface area contributed by atoms with Crippen molar-refractivity contribution < 1.29 is 9.53 Å². The topological polar surface area (TPSA) is 29.5 Å². The predicted octanol–water partition coefficient (Wildman–Crippen LogP) is 3.39. The number of hydrogen-bond donors (Lipinski definition) is 0. The maximum atomic E-state index is 11.5. The highest BCUT2D eigenvalue weighted by atomic mass is 16.5. The van der Waals surface area contributed by atoms with Gasteiger partial charge in [-0.3, -0.25) is 9.69 Å². The van der Waals surface area contributed by atoms with E-state index in [4.69, 9.17) is 4.74 Å². The third-order valence-corrected chi connectivity index (χ3v) is 4.09. The minimum atomic E-state index is 0.0572. The molecule has 2 rings (SSSR count). The number of carbonyl (C=O) groups is 1. The van der Waals surface area contributed by atoms with Crippen LogP contribution in [0.1, 0.15) is 44.0 Å². The van der Waals surface area contributed by atoms with Crippen LogP contribution in [0, 0.1) is 5.92 Å². The molecule has 3 heteroatoms. The van der Waals surface area contributed by atoms with E-state index in [2.05, 4.69) is 18.7 Å². The van der Waals surface area contributed by atoms with Gasteiger partial charge in [0.15, 0.2) is 5.78 Å². The Balaban J connectivity index is 1.89. The molecule has 1 heterocycles. The van der Waals surface area contributed by atoms with Crippen molar-refractivity contribution in [2.75, 3.05) is 19.7 Å². The fraction of sp³-hybridized carbons (Fsp3) is 0.588. The van der Waals surface area contributed by atoms with E-state index in [1.807, 2.05) is 24.3 Å². The Morgan fingerprint density at radius 1 is 1.40 bits per heavy atom. The summed E-state index contributed by atoms with van der Waals surface area (Å²) in [5.74, 6) is 1.46. The highest BCUT2D eigenvalue weighted by molar-refractivity contribution is 5.96. The Hall–Kier alpha value is -1.35. The molecule has 0 N–H and O–H groups in total. The Labute approximate surface area is 121 Å². The first-order chi connectivity index (χ1) is 9.59. The number of ether oxygens (including phenoxy) is 1. The minimum absolute atomic E-state index is 0.0572. The molecule has 20 heavy (non-hydrogen) atoms. The molecule has 0 amide bonds. The smallest absolute Gasteiger partial charge is 0.163 e. The number of hydrogen-bond acceptors (Lipinski definition) is 3. The summed E-state index contributed by atoms with van der Waals surface area (Å²) in [5, 5.41) is 0. The van der Waals surface area contributed by atoms with E-state index in [0.717, 1.165) is 6.54 Å². The maximum Gasteiger partial charge on any atom is 0.163 e. The van der Waals surface area contributed by atoms with Gasteiger partial charge in [-0.1, -0.05) is 26.0 Å². The van der Waals surface area contributed by atoms with E-state index < -0.39 is 0 Å². The molecule has 1 unspecified atom stereocenters. The number of ketones is 1. The van der Waals surface area contributed by atoms with E-state index in [-0.39, 0.29) is 5.78 Å². The van der Waals surface area contributed by atoms with Crippen molar-refractivity contribution in [2.24, 2.45) is 5.92 Å². The standard InChI is InChI=1S/C17H25NO2/c1-13(2)16-8-6-10-18(16)11-12-20-17-9-5-4-7-15(17)14(3)19/h4-5,7,9,13,16H,6,8,10-12H2,1-3H3. The lowest BCUT2D eigenvalue weighted by molar-refractivity contribution is 0.101. The lowest BCUT2D eigenvalue weighted by atomic mass is 10.0. The number of likely N-dealkylation sites (tertiary alicyclic amines) is 1. The molecular weight excluding hydrogens is 250 g/mol. The fourth-order valence-corrected chi connectivity index (χ4v) is 3.04. The summed E-state index contributed by atoms with van der Waals surface area (Å²) >= 11 is 0. The predicted molar refractivity (Wildman–Crippen MR) is 81.4 cm³/mol. The molecule has 0 aromatic heterocycles. The molecule has 0 radical (unpaired) electrons. The molecule has 1 fully saturated rings. The number of benzene rings is 1. The molecule has 1 saturated heterocycles. The number of Topliss-reactive ketones (excluding diaryl/α,β-unsaturated/α-hetero) is 1. The highest BCUT2D eigenvalue weighted by Crippen LogP contribution is 2.23. The van der Waals surface area contributed by atoms with Crippen LogP contribution in [0.15, 0.2) is 24.3 Å². The molecule has 1 aliphatic rings. The average molecular weight is 275 g/mol. The number of nitrogens with zero attached hydrogens (tertiary/aromatic N) is 1. The summed E-state index contributed by atoms with van der Waals surface area (Å²) in [4.78, 5) is 14.1. The van der Waals surface area contributed by atoms with Gasteiger partial charge in [-0.15, -0.1) is 0 Å². The lowest BCUT2D eigenvalue weighted by Crippen LogP contribution is -2.36. The fourth-order valence-electron chi connectivity index (χ4n) is 3.04. The van der Waals surface area contributed by atoms with Gasteiger partial charge in [0.05, 0.1) is 5.56 Å². The van der Waals surface area contributed by atoms with E-state index in [9.17, 15) is 4.79 Å². The molecule has 1 aromatic rings. The van der Waals surface area contributed by atoms with E-state index >= 15 is 0 Å². The van der Waals surface area contributed by atoms with Crippen LogP contribution in [0.5, 0.6) is 5.75 Å². The van der Waals surface area contributed by atoms with Gasteiger partial charge in [0, 0.05) is 12.6 Å². The Bertz CT molecular complexity index is 456. The first kappa shape index (κ1) is 15.0. The second-order valence-corrected chi connectivity index (χ2v) is 5.89. The largest absolute Gasteiger partial charge is 0.491 e. The van der Waals surface area contributed by atoms with Crippen molar-refractivity contribution in [3.05, 3.63) is 29.8 Å². The van der Waals surface area contributed by atoms with Crippen LogP contribution >= 0.6 is 0 Å². The van der Waals surface area contributed by atoms with Gasteiger partial charge in [0.1, 0.15) is 12.4 Å². The molecule has 1 aliphatic heterocycles. The van der Waals surface area contributed by atoms with Gasteiger partial charge in [-0.05, 0) is 44.4 Å². The van der Waals surface area contributed by atoms with Crippen molar-refractivity contribution >= 4 is 5.78 Å². The molecule has 1 aromatic carbocycles. The summed E-state index contributed by atoms with van der Waals surface area (Å²) in [5.41, 5.74) is 0.675. The number of para-hydroxylation sites is 1. The van der Waals surface area contributed by atoms with E-state index in [0.29, 0.717) is 29.9 Å². The number of carbonyl (C=O) groups excluding carboxylic acids is 1. The lowest BCUT2D eigenvalue weighted by Gasteiger charge is -2.27. The van der Waals surface area contributed by atoms with Gasteiger partial charge < -0.3 is 4.74 Å². The summed E-state index contributed by atoms with van der Waals surface area (Å²) in [6.07, 6.45) is 2.58. The molecule has 0 aliphatic carbocycles. The highest BCUT2D eigenvalue weighted by Gasteiger charge is 2.26. The van der Waals surface area contributed by atoms with Crippen molar-refractivity contribution in [2.45, 2.75) is 39.7 Å². The first-order valence-electron chi connectivity index (χ1n) is 7.56. The molecule has 1 atom stereocenters. The van der Waals surface area contributed by atoms with Gasteiger partial charge in [0.25, 0.3) is 0 Å². The third kappa shape index (κ3) is 3.60. The van der Waals surface area contributed by atoms with Crippen molar-refractivity contribution in [1.82, 2.24) is 4.90 Å². The van der Waals surface area contributed by atoms with Gasteiger partial charge >= 0.3 is 0 Å². The van der Waals surface area contributed by atoms with E-state index in [1.54, 1.807) is 6.92 Å². The normalized spacial score (nSPS) is 19.5. The van der Waals surface area contributed by atoms with Crippen LogP contribution in [0.25, 0.3) is 0 Å². The Morgan fingerprint density at radius 3 is 2.85 bits per heavy atom. The third-order valence-electron chi connectivity index (χ3n) is 4.09. The zero-order valence-corrected chi connectivity index (χ0v) is 12.8. The van der Waals surface area contributed by atoms with Crippen molar-refractivity contribution in [1.29, 1.82) is 0 Å². The molecule has 0 bridgehead atoms. The van der Waals surface area contributed by atoms with Crippen LogP contribution in [0.4, 0.5) is 0 Å². The summed E-state index contributed by atoms with van der Waals surface area (Å²) in [6.45, 7) is 8.91. The molecule has 110 valence electrons. The van der Waals surface area contributed by atoms with Crippen LogP contribution in [0.2, 0.25) is 0 Å². The second kappa shape index (κ2) is 6.89. The van der Waals surface area contributed by atoms with Crippen LogP contribution in [-0.2, 0) is 0 Å². The summed E-state index contributed by atoms with van der Waals surface area (Å²) < 4.78 is 5.83. The monoisotopic (exact) mass is 275 g/mol. The SMILES string of the molecule is CC(=O)c1ccccc1OCCN1CCCC1C(C)C.